The van der Waals surface area contributed by atoms with Gasteiger partial charge in [0.15, 0.2) is 5.65 Å². The highest BCUT2D eigenvalue weighted by molar-refractivity contribution is 6.04. The van der Waals surface area contributed by atoms with Crippen LogP contribution in [-0.4, -0.2) is 27.3 Å². The second kappa shape index (κ2) is 5.88. The fraction of sp³-hybridized carbons (Fsp3) is 0.267. The summed E-state index contributed by atoms with van der Waals surface area (Å²) >= 11 is 0. The molecule has 7 nitrogen and oxygen atoms in total. The van der Waals surface area contributed by atoms with E-state index < -0.39 is 5.97 Å². The summed E-state index contributed by atoms with van der Waals surface area (Å²) in [7, 11) is 1.80. The molecule has 114 valence electrons. The summed E-state index contributed by atoms with van der Waals surface area (Å²) in [6, 6.07) is 3.67. The highest BCUT2D eigenvalue weighted by Gasteiger charge is 2.18. The molecule has 0 saturated heterocycles. The first kappa shape index (κ1) is 14.1. The third-order valence-corrected chi connectivity index (χ3v) is 3.28. The van der Waals surface area contributed by atoms with Crippen LogP contribution in [0.2, 0.25) is 0 Å². The first-order valence-electron chi connectivity index (χ1n) is 6.94. The number of rotatable bonds is 5. The number of furan rings is 1. The average molecular weight is 300 g/mol. The van der Waals surface area contributed by atoms with Crippen molar-refractivity contribution in [2.75, 3.05) is 11.9 Å². The minimum atomic E-state index is -0.414. The van der Waals surface area contributed by atoms with Crippen molar-refractivity contribution in [3.8, 4) is 0 Å². The van der Waals surface area contributed by atoms with Gasteiger partial charge < -0.3 is 14.5 Å². The highest BCUT2D eigenvalue weighted by Crippen LogP contribution is 2.26. The van der Waals surface area contributed by atoms with Gasteiger partial charge in [0.2, 0.25) is 0 Å². The summed E-state index contributed by atoms with van der Waals surface area (Å²) in [5, 5.41) is 8.17. The zero-order chi connectivity index (χ0) is 15.5. The number of aromatic nitrogens is 3. The molecule has 0 aliphatic rings. The maximum absolute atomic E-state index is 12.1. The SMILES string of the molecule is CCOC(=O)c1cnc2c(cnn2C)c1NCc1ccco1. The van der Waals surface area contributed by atoms with Crippen LogP contribution < -0.4 is 5.32 Å². The number of nitrogens with one attached hydrogen (secondary N) is 1. The molecule has 0 aliphatic heterocycles. The number of esters is 1. The van der Waals surface area contributed by atoms with Crippen molar-refractivity contribution in [1.82, 2.24) is 14.8 Å². The molecule has 3 aromatic rings. The van der Waals surface area contributed by atoms with Crippen LogP contribution in [0, 0.1) is 0 Å². The minimum absolute atomic E-state index is 0.307. The molecule has 0 fully saturated rings. The Labute approximate surface area is 126 Å². The van der Waals surface area contributed by atoms with E-state index in [0.29, 0.717) is 30.0 Å². The fourth-order valence-corrected chi connectivity index (χ4v) is 2.24. The molecule has 22 heavy (non-hydrogen) atoms. The van der Waals surface area contributed by atoms with E-state index in [1.807, 2.05) is 12.1 Å². The van der Waals surface area contributed by atoms with Gasteiger partial charge >= 0.3 is 5.97 Å². The predicted molar refractivity (Wildman–Crippen MR) is 80.5 cm³/mol. The van der Waals surface area contributed by atoms with E-state index in [9.17, 15) is 4.79 Å². The monoisotopic (exact) mass is 300 g/mol. The molecule has 3 heterocycles. The Morgan fingerprint density at radius 3 is 3.05 bits per heavy atom. The summed E-state index contributed by atoms with van der Waals surface area (Å²) < 4.78 is 12.1. The second-order valence-electron chi connectivity index (χ2n) is 4.71. The van der Waals surface area contributed by atoms with Gasteiger partial charge in [-0.3, -0.25) is 4.68 Å². The van der Waals surface area contributed by atoms with Crippen LogP contribution >= 0.6 is 0 Å². The van der Waals surface area contributed by atoms with Crippen molar-refractivity contribution in [3.05, 3.63) is 42.1 Å². The quantitative estimate of drug-likeness (QED) is 0.728. The lowest BCUT2D eigenvalue weighted by Gasteiger charge is -2.11. The van der Waals surface area contributed by atoms with E-state index in [2.05, 4.69) is 15.4 Å². The van der Waals surface area contributed by atoms with Crippen molar-refractivity contribution < 1.29 is 13.9 Å². The first-order valence-corrected chi connectivity index (χ1v) is 6.94. The summed E-state index contributed by atoms with van der Waals surface area (Å²) in [5.41, 5.74) is 1.72. The molecule has 7 heteroatoms. The zero-order valence-corrected chi connectivity index (χ0v) is 12.4. The smallest absolute Gasteiger partial charge is 0.341 e. The lowest BCUT2D eigenvalue weighted by molar-refractivity contribution is 0.0527. The van der Waals surface area contributed by atoms with E-state index in [1.54, 1.807) is 31.1 Å². The number of fused-ring (bicyclic) bond motifs is 1. The lowest BCUT2D eigenvalue weighted by Crippen LogP contribution is -2.11. The van der Waals surface area contributed by atoms with Crippen LogP contribution in [0.1, 0.15) is 23.0 Å². The second-order valence-corrected chi connectivity index (χ2v) is 4.71. The van der Waals surface area contributed by atoms with E-state index in [1.165, 1.54) is 6.20 Å². The van der Waals surface area contributed by atoms with Crippen molar-refractivity contribution in [2.24, 2.45) is 7.05 Å². The van der Waals surface area contributed by atoms with E-state index in [4.69, 9.17) is 9.15 Å². The van der Waals surface area contributed by atoms with Crippen LogP contribution in [0.25, 0.3) is 11.0 Å². The van der Waals surface area contributed by atoms with Crippen LogP contribution in [-0.2, 0) is 18.3 Å². The summed E-state index contributed by atoms with van der Waals surface area (Å²) in [4.78, 5) is 16.4. The van der Waals surface area contributed by atoms with Gasteiger partial charge in [-0.15, -0.1) is 0 Å². The van der Waals surface area contributed by atoms with E-state index in [-0.39, 0.29) is 0 Å². The highest BCUT2D eigenvalue weighted by atomic mass is 16.5. The number of carbonyl (C=O) groups is 1. The van der Waals surface area contributed by atoms with E-state index >= 15 is 0 Å². The summed E-state index contributed by atoms with van der Waals surface area (Å²) in [5.74, 6) is 0.353. The molecule has 0 unspecified atom stereocenters. The molecule has 0 atom stereocenters. The number of pyridine rings is 1. The topological polar surface area (TPSA) is 82.2 Å². The van der Waals surface area contributed by atoms with Crippen LogP contribution in [0.3, 0.4) is 0 Å². The van der Waals surface area contributed by atoms with Gasteiger partial charge in [-0.25, -0.2) is 9.78 Å². The summed E-state index contributed by atoms with van der Waals surface area (Å²) in [6.07, 6.45) is 4.79. The Hall–Kier alpha value is -2.83. The average Bonchev–Trinajstić information content (AvgIpc) is 3.15. The van der Waals surface area contributed by atoms with Gasteiger partial charge in [-0.2, -0.15) is 5.10 Å². The van der Waals surface area contributed by atoms with Crippen molar-refractivity contribution >= 4 is 22.7 Å². The van der Waals surface area contributed by atoms with Crippen LogP contribution in [0.15, 0.2) is 35.2 Å². The Balaban J connectivity index is 2.01. The number of nitrogens with zero attached hydrogens (tertiary/aromatic N) is 3. The Morgan fingerprint density at radius 1 is 1.45 bits per heavy atom. The number of carbonyl (C=O) groups excluding carboxylic acids is 1. The molecular weight excluding hydrogens is 284 g/mol. The molecule has 0 aromatic carbocycles. The lowest BCUT2D eigenvalue weighted by atomic mass is 10.1. The third kappa shape index (κ3) is 2.52. The molecule has 0 bridgehead atoms. The number of anilines is 1. The first-order chi connectivity index (χ1) is 10.7. The molecule has 0 radical (unpaired) electrons. The van der Waals surface area contributed by atoms with Gasteiger partial charge in [0, 0.05) is 13.2 Å². The predicted octanol–water partition coefficient (Wildman–Crippen LogP) is 2.35. The fourth-order valence-electron chi connectivity index (χ4n) is 2.24. The number of hydrogen-bond donors (Lipinski definition) is 1. The third-order valence-electron chi connectivity index (χ3n) is 3.28. The van der Waals surface area contributed by atoms with Crippen LogP contribution in [0.4, 0.5) is 5.69 Å². The van der Waals surface area contributed by atoms with Gasteiger partial charge in [0.05, 0.1) is 36.7 Å². The molecule has 0 amide bonds. The van der Waals surface area contributed by atoms with Gasteiger partial charge in [-0.1, -0.05) is 0 Å². The largest absolute Gasteiger partial charge is 0.467 e. The van der Waals surface area contributed by atoms with Gasteiger partial charge in [-0.05, 0) is 19.1 Å². The standard InChI is InChI=1S/C15H16N4O3/c1-3-21-15(20)12-8-17-14-11(9-18-19(14)2)13(12)16-7-10-5-4-6-22-10/h4-6,8-9H,3,7H2,1-2H3,(H,16,17). The van der Waals surface area contributed by atoms with Crippen LogP contribution in [0.5, 0.6) is 0 Å². The Kier molecular flexibility index (Phi) is 3.78. The number of aryl methyl sites for hydroxylation is 1. The number of hydrogen-bond acceptors (Lipinski definition) is 6. The molecular formula is C15H16N4O3. The molecule has 3 rings (SSSR count). The molecule has 0 spiro atoms. The normalized spacial score (nSPS) is 10.8. The summed E-state index contributed by atoms with van der Waals surface area (Å²) in [6.45, 7) is 2.53. The van der Waals surface area contributed by atoms with Crippen molar-refractivity contribution in [1.29, 1.82) is 0 Å². The Bertz CT molecular complexity index is 793. The van der Waals surface area contributed by atoms with Crippen molar-refractivity contribution in [2.45, 2.75) is 13.5 Å². The molecule has 0 saturated carbocycles. The number of ether oxygens (including phenoxy) is 1. The molecule has 3 aromatic heterocycles. The zero-order valence-electron chi connectivity index (χ0n) is 12.4. The van der Waals surface area contributed by atoms with Gasteiger partial charge in [0.1, 0.15) is 11.3 Å². The molecule has 1 N–H and O–H groups in total. The maximum atomic E-state index is 12.1. The van der Waals surface area contributed by atoms with Gasteiger partial charge in [0.25, 0.3) is 0 Å². The van der Waals surface area contributed by atoms with Crippen molar-refractivity contribution in [3.63, 3.8) is 0 Å². The minimum Gasteiger partial charge on any atom is -0.467 e. The van der Waals surface area contributed by atoms with E-state index in [0.717, 1.165) is 11.1 Å². The molecule has 0 aliphatic carbocycles. The maximum Gasteiger partial charge on any atom is 0.341 e. The Morgan fingerprint density at radius 2 is 2.32 bits per heavy atom.